The average Bonchev–Trinajstić information content (AvgIpc) is 2.56. The van der Waals surface area contributed by atoms with Gasteiger partial charge in [0.05, 0.1) is 12.2 Å². The molecule has 1 N–H and O–H groups in total. The van der Waals surface area contributed by atoms with E-state index in [1.54, 1.807) is 6.20 Å². The maximum atomic E-state index is 12.0. The lowest BCUT2D eigenvalue weighted by Crippen LogP contribution is -2.37. The first-order chi connectivity index (χ1) is 11.1. The Labute approximate surface area is 141 Å². The highest BCUT2D eigenvalue weighted by molar-refractivity contribution is 6.30. The van der Waals surface area contributed by atoms with Crippen LogP contribution >= 0.6 is 11.6 Å². The molecule has 1 amide bonds. The molecular weight excluding hydrogens is 312 g/mol. The first-order valence-electron chi connectivity index (χ1n) is 7.53. The molecule has 122 valence electrons. The molecule has 1 aromatic carbocycles. The van der Waals surface area contributed by atoms with Gasteiger partial charge in [-0.05, 0) is 44.2 Å². The number of likely N-dealkylation sites (N-methyl/N-ethyl adjacent to an activating group) is 1. The van der Waals surface area contributed by atoms with Crippen molar-refractivity contribution in [2.24, 2.45) is 0 Å². The van der Waals surface area contributed by atoms with Gasteiger partial charge in [-0.2, -0.15) is 0 Å². The number of carbonyl (C=O) groups is 1. The summed E-state index contributed by atoms with van der Waals surface area (Å²) < 4.78 is 0. The summed E-state index contributed by atoms with van der Waals surface area (Å²) in [6.07, 6.45) is 4.01. The molecule has 0 bridgehead atoms. The number of nitrogens with one attached hydrogen (secondary N) is 1. The van der Waals surface area contributed by atoms with Crippen LogP contribution in [0, 0.1) is 0 Å². The zero-order chi connectivity index (χ0) is 16.7. The second kappa shape index (κ2) is 8.60. The zero-order valence-corrected chi connectivity index (χ0v) is 14.1. The number of hydrogen-bond donors (Lipinski definition) is 1. The van der Waals surface area contributed by atoms with Gasteiger partial charge in [0.15, 0.2) is 0 Å². The van der Waals surface area contributed by atoms with Crippen molar-refractivity contribution in [3.63, 3.8) is 0 Å². The Kier molecular flexibility index (Phi) is 6.50. The largest absolute Gasteiger partial charge is 0.355 e. The number of hydrogen-bond acceptors (Lipinski definition) is 4. The first kappa shape index (κ1) is 17.4. The number of carbonyl (C=O) groups excluding carboxylic acids is 1. The minimum Gasteiger partial charge on any atom is -0.355 e. The summed E-state index contributed by atoms with van der Waals surface area (Å²) in [6, 6.07) is 9.57. The molecule has 0 radical (unpaired) electrons. The van der Waals surface area contributed by atoms with Crippen LogP contribution in [0.3, 0.4) is 0 Å². The lowest BCUT2D eigenvalue weighted by Gasteiger charge is -2.23. The van der Waals surface area contributed by atoms with Crippen molar-refractivity contribution in [2.75, 3.05) is 20.1 Å². The zero-order valence-electron chi connectivity index (χ0n) is 13.4. The van der Waals surface area contributed by atoms with Gasteiger partial charge < -0.3 is 5.32 Å². The van der Waals surface area contributed by atoms with Gasteiger partial charge in [-0.3, -0.25) is 9.69 Å². The number of rotatable bonds is 7. The summed E-state index contributed by atoms with van der Waals surface area (Å²) in [6.45, 7) is 2.95. The SMILES string of the molecule is C[C@H](c1ccncn1)N(C)CC(=O)NCCc1ccc(Cl)cc1. The Morgan fingerprint density at radius 3 is 2.70 bits per heavy atom. The van der Waals surface area contributed by atoms with E-state index in [1.807, 2.05) is 49.2 Å². The topological polar surface area (TPSA) is 58.1 Å². The molecule has 2 rings (SSSR count). The molecule has 0 aliphatic carbocycles. The predicted molar refractivity (Wildman–Crippen MR) is 91.2 cm³/mol. The van der Waals surface area contributed by atoms with Gasteiger partial charge in [0.2, 0.25) is 5.91 Å². The van der Waals surface area contributed by atoms with Gasteiger partial charge in [0, 0.05) is 23.8 Å². The van der Waals surface area contributed by atoms with Crippen LogP contribution in [0.4, 0.5) is 0 Å². The first-order valence-corrected chi connectivity index (χ1v) is 7.91. The molecule has 2 aromatic rings. The van der Waals surface area contributed by atoms with Crippen molar-refractivity contribution in [1.29, 1.82) is 0 Å². The standard InChI is InChI=1S/C17H21ClN4O/c1-13(16-8-9-19-12-21-16)22(2)11-17(23)20-10-7-14-3-5-15(18)6-4-14/h3-6,8-9,12-13H,7,10-11H2,1-2H3,(H,20,23)/t13-/m1/s1. The van der Waals surface area contributed by atoms with Crippen LogP contribution in [0.2, 0.25) is 5.02 Å². The lowest BCUT2D eigenvalue weighted by molar-refractivity contribution is -0.122. The molecule has 23 heavy (non-hydrogen) atoms. The van der Waals surface area contributed by atoms with Gasteiger partial charge in [-0.15, -0.1) is 0 Å². The Balaban J connectivity index is 1.74. The molecule has 1 atom stereocenters. The maximum Gasteiger partial charge on any atom is 0.234 e. The van der Waals surface area contributed by atoms with E-state index in [9.17, 15) is 4.79 Å². The fourth-order valence-electron chi connectivity index (χ4n) is 2.19. The van der Waals surface area contributed by atoms with Gasteiger partial charge in [0.1, 0.15) is 6.33 Å². The van der Waals surface area contributed by atoms with Crippen molar-refractivity contribution >= 4 is 17.5 Å². The van der Waals surface area contributed by atoms with Gasteiger partial charge in [-0.25, -0.2) is 9.97 Å². The average molecular weight is 333 g/mol. The number of benzene rings is 1. The second-order valence-corrected chi connectivity index (χ2v) is 5.89. The fourth-order valence-corrected chi connectivity index (χ4v) is 2.32. The number of amides is 1. The van der Waals surface area contributed by atoms with Crippen molar-refractivity contribution in [3.8, 4) is 0 Å². The normalized spacial score (nSPS) is 12.2. The molecule has 0 fully saturated rings. The molecule has 0 spiro atoms. The molecule has 6 heteroatoms. The second-order valence-electron chi connectivity index (χ2n) is 5.45. The molecule has 0 aliphatic rings. The highest BCUT2D eigenvalue weighted by atomic mass is 35.5. The van der Waals surface area contributed by atoms with Crippen LogP contribution in [-0.2, 0) is 11.2 Å². The van der Waals surface area contributed by atoms with Crippen LogP contribution in [-0.4, -0.2) is 40.9 Å². The summed E-state index contributed by atoms with van der Waals surface area (Å²) in [5.41, 5.74) is 2.05. The van der Waals surface area contributed by atoms with Crippen molar-refractivity contribution in [2.45, 2.75) is 19.4 Å². The molecule has 1 heterocycles. The minimum atomic E-state index is 0.00219. The maximum absolute atomic E-state index is 12.0. The van der Waals surface area contributed by atoms with Crippen LogP contribution in [0.25, 0.3) is 0 Å². The van der Waals surface area contributed by atoms with E-state index < -0.39 is 0 Å². The monoisotopic (exact) mass is 332 g/mol. The Morgan fingerprint density at radius 1 is 1.30 bits per heavy atom. The summed E-state index contributed by atoms with van der Waals surface area (Å²) in [7, 11) is 1.91. The van der Waals surface area contributed by atoms with Gasteiger partial charge in [0.25, 0.3) is 0 Å². The van der Waals surface area contributed by atoms with E-state index in [-0.39, 0.29) is 11.9 Å². The van der Waals surface area contributed by atoms with Crippen molar-refractivity contribution in [3.05, 3.63) is 59.1 Å². The molecule has 0 saturated heterocycles. The molecule has 0 saturated carbocycles. The van der Waals surface area contributed by atoms with Gasteiger partial charge >= 0.3 is 0 Å². The van der Waals surface area contributed by atoms with E-state index in [0.29, 0.717) is 13.1 Å². The number of halogens is 1. The number of nitrogens with zero attached hydrogens (tertiary/aromatic N) is 3. The lowest BCUT2D eigenvalue weighted by atomic mass is 10.1. The molecule has 0 unspecified atom stereocenters. The third-order valence-corrected chi connectivity index (χ3v) is 3.99. The fraction of sp³-hybridized carbons (Fsp3) is 0.353. The highest BCUT2D eigenvalue weighted by Gasteiger charge is 2.15. The minimum absolute atomic E-state index is 0.00219. The van der Waals surface area contributed by atoms with Crippen molar-refractivity contribution in [1.82, 2.24) is 20.2 Å². The Morgan fingerprint density at radius 2 is 2.04 bits per heavy atom. The molecule has 1 aromatic heterocycles. The molecule has 0 aliphatic heterocycles. The van der Waals surface area contributed by atoms with Crippen LogP contribution < -0.4 is 5.32 Å². The third kappa shape index (κ3) is 5.62. The molecular formula is C17H21ClN4O. The Bertz CT molecular complexity index is 618. The summed E-state index contributed by atoms with van der Waals surface area (Å²) in [5, 5.41) is 3.66. The summed E-state index contributed by atoms with van der Waals surface area (Å²) in [4.78, 5) is 22.1. The van der Waals surface area contributed by atoms with E-state index in [2.05, 4.69) is 15.3 Å². The van der Waals surface area contributed by atoms with E-state index in [4.69, 9.17) is 11.6 Å². The number of aromatic nitrogens is 2. The van der Waals surface area contributed by atoms with E-state index in [1.165, 1.54) is 6.33 Å². The quantitative estimate of drug-likeness (QED) is 0.846. The summed E-state index contributed by atoms with van der Waals surface area (Å²) >= 11 is 5.85. The summed E-state index contributed by atoms with van der Waals surface area (Å²) in [5.74, 6) is 0.00219. The van der Waals surface area contributed by atoms with E-state index in [0.717, 1.165) is 22.7 Å². The van der Waals surface area contributed by atoms with Crippen LogP contribution in [0.15, 0.2) is 42.9 Å². The molecule has 5 nitrogen and oxygen atoms in total. The van der Waals surface area contributed by atoms with E-state index >= 15 is 0 Å². The Hall–Kier alpha value is -1.98. The van der Waals surface area contributed by atoms with Crippen molar-refractivity contribution < 1.29 is 4.79 Å². The predicted octanol–water partition coefficient (Wildman–Crippen LogP) is 2.48. The highest BCUT2D eigenvalue weighted by Crippen LogP contribution is 2.14. The van der Waals surface area contributed by atoms with Gasteiger partial charge in [-0.1, -0.05) is 23.7 Å². The third-order valence-electron chi connectivity index (χ3n) is 3.74. The van der Waals surface area contributed by atoms with Crippen LogP contribution in [0.1, 0.15) is 24.2 Å². The van der Waals surface area contributed by atoms with Crippen LogP contribution in [0.5, 0.6) is 0 Å². The smallest absolute Gasteiger partial charge is 0.234 e.